The van der Waals surface area contributed by atoms with Gasteiger partial charge in [0, 0.05) is 35.8 Å². The third kappa shape index (κ3) is 5.31. The van der Waals surface area contributed by atoms with E-state index in [1.807, 2.05) is 42.6 Å². The molecule has 196 valence electrons. The number of nitrogens with zero attached hydrogens (tertiary/aromatic N) is 4. The molecule has 0 aliphatic heterocycles. The molecule has 0 radical (unpaired) electrons. The number of hydrogen-bond acceptors (Lipinski definition) is 7. The van der Waals surface area contributed by atoms with Crippen LogP contribution in [-0.4, -0.2) is 35.0 Å². The molecule has 5 rings (SSSR count). The molecule has 2 unspecified atom stereocenters. The largest absolute Gasteiger partial charge is 0.497 e. The summed E-state index contributed by atoms with van der Waals surface area (Å²) in [6.45, 7) is 0.575. The quantitative estimate of drug-likeness (QED) is 0.221. The molecule has 38 heavy (non-hydrogen) atoms. The number of anilines is 1. The van der Waals surface area contributed by atoms with E-state index in [2.05, 4.69) is 31.7 Å². The molecule has 4 aromatic rings. The predicted molar refractivity (Wildman–Crippen MR) is 153 cm³/mol. The maximum absolute atomic E-state index is 6.53. The zero-order valence-electron chi connectivity index (χ0n) is 21.5. The highest BCUT2D eigenvalue weighted by Crippen LogP contribution is 2.45. The van der Waals surface area contributed by atoms with Crippen LogP contribution in [-0.2, 0) is 6.54 Å². The maximum atomic E-state index is 6.53. The average molecular weight is 531 g/mol. The first-order chi connectivity index (χ1) is 18.5. The van der Waals surface area contributed by atoms with Gasteiger partial charge in [-0.2, -0.15) is 4.98 Å². The Hall–Kier alpha value is -4.04. The fraction of sp³-hybridized carbons (Fsp3) is 0.276. The lowest BCUT2D eigenvalue weighted by atomic mass is 9.97. The van der Waals surface area contributed by atoms with E-state index < -0.39 is 0 Å². The van der Waals surface area contributed by atoms with Gasteiger partial charge < -0.3 is 25.5 Å². The molecule has 0 saturated heterocycles. The van der Waals surface area contributed by atoms with Crippen LogP contribution in [0, 0.1) is 0 Å². The topological polar surface area (TPSA) is 114 Å². The first-order valence-electron chi connectivity index (χ1n) is 12.5. The van der Waals surface area contributed by atoms with Gasteiger partial charge in [-0.1, -0.05) is 30.3 Å². The van der Waals surface area contributed by atoms with Crippen LogP contribution in [0.2, 0.25) is 5.28 Å². The molecule has 2 atom stereocenters. The van der Waals surface area contributed by atoms with Gasteiger partial charge in [0.15, 0.2) is 0 Å². The molecule has 1 saturated carbocycles. The van der Waals surface area contributed by atoms with Crippen molar-refractivity contribution < 1.29 is 9.47 Å². The van der Waals surface area contributed by atoms with Crippen LogP contribution in [0.3, 0.4) is 0 Å². The van der Waals surface area contributed by atoms with E-state index in [1.165, 1.54) is 5.56 Å². The molecule has 2 aromatic carbocycles. The van der Waals surface area contributed by atoms with Crippen molar-refractivity contribution in [1.29, 1.82) is 0 Å². The van der Waals surface area contributed by atoms with Gasteiger partial charge in [0.2, 0.25) is 5.28 Å². The summed E-state index contributed by atoms with van der Waals surface area (Å²) in [7, 11) is 3.34. The Morgan fingerprint density at radius 1 is 1.11 bits per heavy atom. The van der Waals surface area contributed by atoms with E-state index in [-0.39, 0.29) is 11.3 Å². The normalized spacial score (nSPS) is 17.9. The molecule has 0 bridgehead atoms. The monoisotopic (exact) mass is 530 g/mol. The van der Waals surface area contributed by atoms with Crippen LogP contribution in [0.15, 0.2) is 65.8 Å². The van der Waals surface area contributed by atoms with E-state index in [1.54, 1.807) is 26.5 Å². The van der Waals surface area contributed by atoms with Crippen molar-refractivity contribution in [2.24, 2.45) is 10.7 Å². The zero-order valence-corrected chi connectivity index (χ0v) is 22.2. The van der Waals surface area contributed by atoms with Crippen molar-refractivity contribution in [2.45, 2.75) is 37.8 Å². The lowest BCUT2D eigenvalue weighted by Gasteiger charge is -2.16. The lowest BCUT2D eigenvalue weighted by molar-refractivity contribution is 0.392. The highest BCUT2D eigenvalue weighted by molar-refractivity contribution is 6.28. The number of methoxy groups -OCH3 is 2. The van der Waals surface area contributed by atoms with Crippen molar-refractivity contribution >= 4 is 40.4 Å². The molecular weight excluding hydrogens is 500 g/mol. The van der Waals surface area contributed by atoms with Crippen LogP contribution in [0.1, 0.15) is 47.9 Å². The van der Waals surface area contributed by atoms with Crippen LogP contribution in [0.25, 0.3) is 16.7 Å². The van der Waals surface area contributed by atoms with Gasteiger partial charge in [-0.05, 0) is 66.1 Å². The number of fused-ring (bicyclic) bond motifs is 1. The fourth-order valence-corrected chi connectivity index (χ4v) is 5.36. The number of ether oxygens (including phenoxy) is 2. The number of rotatable bonds is 8. The highest BCUT2D eigenvalue weighted by Gasteiger charge is 2.30. The number of aromatic nitrogens is 3. The minimum atomic E-state index is 0.111. The number of allylic oxidation sites excluding steroid dienone is 1. The minimum Gasteiger partial charge on any atom is -0.497 e. The Balaban J connectivity index is 1.44. The Bertz CT molecular complexity index is 1480. The third-order valence-corrected chi connectivity index (χ3v) is 7.27. The van der Waals surface area contributed by atoms with Gasteiger partial charge in [0.1, 0.15) is 23.0 Å². The Labute approximate surface area is 227 Å². The summed E-state index contributed by atoms with van der Waals surface area (Å²) in [5, 5.41) is 0.811. The van der Waals surface area contributed by atoms with E-state index >= 15 is 0 Å². The van der Waals surface area contributed by atoms with Gasteiger partial charge >= 0.3 is 0 Å². The minimum absolute atomic E-state index is 0.111. The van der Waals surface area contributed by atoms with Gasteiger partial charge in [-0.15, -0.1) is 0 Å². The predicted octanol–water partition coefficient (Wildman–Crippen LogP) is 5.76. The molecule has 1 aliphatic rings. The number of benzene rings is 2. The number of halogens is 1. The maximum Gasteiger partial charge on any atom is 0.226 e. The van der Waals surface area contributed by atoms with Gasteiger partial charge in [-0.25, -0.2) is 4.98 Å². The third-order valence-electron chi connectivity index (χ3n) is 7.10. The van der Waals surface area contributed by atoms with E-state index in [4.69, 9.17) is 32.5 Å². The Morgan fingerprint density at radius 3 is 2.55 bits per heavy atom. The molecular formula is C29H31ClN6O2. The van der Waals surface area contributed by atoms with Crippen molar-refractivity contribution in [3.05, 3.63) is 82.8 Å². The number of aliphatic imine (C=N–C) groups is 1. The highest BCUT2D eigenvalue weighted by atomic mass is 35.5. The molecule has 2 heterocycles. The molecule has 4 N–H and O–H groups in total. The molecule has 1 aliphatic carbocycles. The van der Waals surface area contributed by atoms with E-state index in [0.29, 0.717) is 35.0 Å². The second kappa shape index (κ2) is 11.1. The molecule has 2 aromatic heterocycles. The smallest absolute Gasteiger partial charge is 0.226 e. The average Bonchev–Trinajstić information content (AvgIpc) is 3.57. The van der Waals surface area contributed by atoms with Gasteiger partial charge in [-0.3, -0.25) is 4.99 Å². The number of nitrogens with two attached hydrogens (primary N) is 2. The summed E-state index contributed by atoms with van der Waals surface area (Å²) in [5.74, 6) is 2.22. The summed E-state index contributed by atoms with van der Waals surface area (Å²) >= 11 is 6.23. The van der Waals surface area contributed by atoms with E-state index in [9.17, 15) is 0 Å². The molecule has 9 heteroatoms. The van der Waals surface area contributed by atoms with Gasteiger partial charge in [0.05, 0.1) is 26.2 Å². The Kier molecular flexibility index (Phi) is 7.51. The second-order valence-electron chi connectivity index (χ2n) is 9.43. The zero-order chi connectivity index (χ0) is 26.6. The summed E-state index contributed by atoms with van der Waals surface area (Å²) in [5.41, 5.74) is 17.2. The summed E-state index contributed by atoms with van der Waals surface area (Å²) in [4.78, 5) is 13.2. The molecule has 1 fully saturated rings. The first kappa shape index (κ1) is 25.6. The van der Waals surface area contributed by atoms with Crippen LogP contribution in [0.5, 0.6) is 11.5 Å². The van der Waals surface area contributed by atoms with Crippen molar-refractivity contribution in [3.8, 4) is 11.5 Å². The summed E-state index contributed by atoms with van der Waals surface area (Å²) < 4.78 is 13.1. The number of nitrogen functional groups attached to an aromatic ring is 1. The van der Waals surface area contributed by atoms with Crippen LogP contribution >= 0.6 is 11.6 Å². The van der Waals surface area contributed by atoms with Gasteiger partial charge in [0.25, 0.3) is 0 Å². The Morgan fingerprint density at radius 2 is 1.84 bits per heavy atom. The molecule has 0 spiro atoms. The molecule has 0 amide bonds. The van der Waals surface area contributed by atoms with Crippen molar-refractivity contribution in [2.75, 3.05) is 20.0 Å². The first-order valence-corrected chi connectivity index (χ1v) is 12.9. The van der Waals surface area contributed by atoms with Crippen molar-refractivity contribution in [3.63, 3.8) is 0 Å². The molecule has 8 nitrogen and oxygen atoms in total. The summed E-state index contributed by atoms with van der Waals surface area (Å²) in [6, 6.07) is 16.3. The fourth-order valence-electron chi connectivity index (χ4n) is 5.19. The van der Waals surface area contributed by atoms with E-state index in [0.717, 1.165) is 41.9 Å². The standard InChI is InChI=1S/C29H31ClN6O2/c1-37-22-13-20(14-23(15-22)38-2)19-8-9-21(12-19)36-17-24(26-27(32)34-29(30)35-28(26)36)25(31)10-11-33-16-18-6-4-3-5-7-18/h3-7,10-11,13-15,17,19,21H,8-9,12,16,31H2,1-2H3,(H2,32,34,35)/b25-10-,33-11?. The lowest BCUT2D eigenvalue weighted by Crippen LogP contribution is -2.06. The van der Waals surface area contributed by atoms with Crippen LogP contribution < -0.4 is 20.9 Å². The summed E-state index contributed by atoms with van der Waals surface area (Å²) in [6.07, 6.45) is 8.43. The van der Waals surface area contributed by atoms with Crippen LogP contribution in [0.4, 0.5) is 5.82 Å². The number of hydrogen-bond donors (Lipinski definition) is 2. The second-order valence-corrected chi connectivity index (χ2v) is 9.77. The van der Waals surface area contributed by atoms with Crippen molar-refractivity contribution in [1.82, 2.24) is 14.5 Å². The SMILES string of the molecule is COc1cc(OC)cc(C2CCC(n3cc(/C(N)=C/C=NCc4ccccc4)c4c(N)nc(Cl)nc43)C2)c1.